The summed E-state index contributed by atoms with van der Waals surface area (Å²) in [5, 5.41) is 0. The maximum Gasteiger partial charge on any atom is 0.0840 e. The highest BCUT2D eigenvalue weighted by molar-refractivity contribution is 14.1. The molecule has 1 rings (SSSR count). The molecule has 3 unspecified atom stereocenters. The highest BCUT2D eigenvalue weighted by Crippen LogP contribution is 2.34. The summed E-state index contributed by atoms with van der Waals surface area (Å²) in [6.07, 6.45) is 2.81. The lowest BCUT2D eigenvalue weighted by Crippen LogP contribution is -2.32. The molecular formula is C11H19Cl2IO2. The zero-order valence-corrected chi connectivity index (χ0v) is 13.2. The van der Waals surface area contributed by atoms with Crippen molar-refractivity contribution < 1.29 is 9.47 Å². The van der Waals surface area contributed by atoms with Gasteiger partial charge in [-0.2, -0.15) is 0 Å². The second kappa shape index (κ2) is 8.35. The van der Waals surface area contributed by atoms with Gasteiger partial charge in [-0.3, -0.25) is 0 Å². The molecule has 0 saturated heterocycles. The summed E-state index contributed by atoms with van der Waals surface area (Å²) < 4.78 is 11.7. The molecule has 16 heavy (non-hydrogen) atoms. The van der Waals surface area contributed by atoms with Crippen LogP contribution >= 0.6 is 45.8 Å². The van der Waals surface area contributed by atoms with Crippen molar-refractivity contribution >= 4 is 45.8 Å². The minimum atomic E-state index is 0.0291. The molecule has 0 aromatic heterocycles. The van der Waals surface area contributed by atoms with Crippen LogP contribution in [0, 0.1) is 5.92 Å². The van der Waals surface area contributed by atoms with Crippen LogP contribution in [0.25, 0.3) is 0 Å². The van der Waals surface area contributed by atoms with E-state index in [1.165, 1.54) is 12.8 Å². The van der Waals surface area contributed by atoms with Crippen LogP contribution < -0.4 is 0 Å². The van der Waals surface area contributed by atoms with Gasteiger partial charge in [0.1, 0.15) is 0 Å². The first-order valence-electron chi connectivity index (χ1n) is 5.72. The van der Waals surface area contributed by atoms with E-state index in [1.807, 2.05) is 6.92 Å². The van der Waals surface area contributed by atoms with Gasteiger partial charge in [-0.15, -0.1) is 23.2 Å². The molecule has 0 aromatic carbocycles. The highest BCUT2D eigenvalue weighted by Gasteiger charge is 2.32. The van der Waals surface area contributed by atoms with Crippen molar-refractivity contribution in [2.45, 2.75) is 35.9 Å². The van der Waals surface area contributed by atoms with Crippen LogP contribution in [0.15, 0.2) is 0 Å². The van der Waals surface area contributed by atoms with Crippen molar-refractivity contribution in [1.29, 1.82) is 0 Å². The van der Waals surface area contributed by atoms with E-state index in [-0.39, 0.29) is 16.1 Å². The number of halogens is 3. The maximum absolute atomic E-state index is 5.87. The zero-order chi connectivity index (χ0) is 12.0. The van der Waals surface area contributed by atoms with Crippen molar-refractivity contribution in [3.63, 3.8) is 0 Å². The minimum Gasteiger partial charge on any atom is -0.376 e. The van der Waals surface area contributed by atoms with Crippen LogP contribution in [0.2, 0.25) is 0 Å². The zero-order valence-electron chi connectivity index (χ0n) is 9.50. The van der Waals surface area contributed by atoms with Gasteiger partial charge < -0.3 is 9.47 Å². The second-order valence-corrected chi connectivity index (χ2v) is 6.24. The summed E-state index contributed by atoms with van der Waals surface area (Å²) in [6.45, 7) is 3.42. The minimum absolute atomic E-state index is 0.0291. The first-order chi connectivity index (χ1) is 7.72. The number of hydrogen-bond acceptors (Lipinski definition) is 2. The van der Waals surface area contributed by atoms with E-state index < -0.39 is 0 Å². The standard InChI is InChI=1S/C11H19Cl2IO2/c1-2-15-11(8-3-4-8)7-16-10(6-13)9(14)5-12/h8-11H,2-7H2,1H3. The number of rotatable bonds is 9. The summed E-state index contributed by atoms with van der Waals surface area (Å²) >= 11 is 14.0. The molecule has 0 radical (unpaired) electrons. The van der Waals surface area contributed by atoms with Gasteiger partial charge in [0, 0.05) is 18.4 Å². The number of hydrogen-bond donors (Lipinski definition) is 0. The van der Waals surface area contributed by atoms with E-state index in [2.05, 4.69) is 22.6 Å². The van der Waals surface area contributed by atoms with Crippen LogP contribution in [0.5, 0.6) is 0 Å². The fourth-order valence-electron chi connectivity index (χ4n) is 1.57. The van der Waals surface area contributed by atoms with Crippen molar-refractivity contribution in [3.05, 3.63) is 0 Å². The van der Waals surface area contributed by atoms with E-state index >= 15 is 0 Å². The third-order valence-corrected chi connectivity index (χ3v) is 5.11. The molecule has 0 aliphatic heterocycles. The van der Waals surface area contributed by atoms with E-state index in [0.29, 0.717) is 24.3 Å². The molecule has 1 aliphatic carbocycles. The molecule has 1 saturated carbocycles. The van der Waals surface area contributed by atoms with Crippen molar-refractivity contribution in [1.82, 2.24) is 0 Å². The second-order valence-electron chi connectivity index (χ2n) is 4.03. The summed E-state index contributed by atoms with van der Waals surface area (Å²) in [5.41, 5.74) is 0. The molecule has 0 bridgehead atoms. The van der Waals surface area contributed by atoms with Crippen molar-refractivity contribution in [2.75, 3.05) is 25.0 Å². The third kappa shape index (κ3) is 5.25. The molecule has 3 atom stereocenters. The summed E-state index contributed by atoms with van der Waals surface area (Å²) in [7, 11) is 0. The van der Waals surface area contributed by atoms with Gasteiger partial charge in [0.15, 0.2) is 0 Å². The highest BCUT2D eigenvalue weighted by atomic mass is 127. The topological polar surface area (TPSA) is 18.5 Å². The Morgan fingerprint density at radius 1 is 1.25 bits per heavy atom. The Morgan fingerprint density at radius 2 is 1.94 bits per heavy atom. The first kappa shape index (κ1) is 15.3. The Balaban J connectivity index is 2.28. The first-order valence-corrected chi connectivity index (χ1v) is 8.03. The lowest BCUT2D eigenvalue weighted by Gasteiger charge is -2.23. The van der Waals surface area contributed by atoms with Gasteiger partial charge >= 0.3 is 0 Å². The Hall–Kier alpha value is 1.23. The van der Waals surface area contributed by atoms with Gasteiger partial charge in [0.2, 0.25) is 0 Å². The van der Waals surface area contributed by atoms with Crippen LogP contribution in [0.3, 0.4) is 0 Å². The van der Waals surface area contributed by atoms with Crippen LogP contribution in [-0.2, 0) is 9.47 Å². The lowest BCUT2D eigenvalue weighted by atomic mass is 10.2. The predicted octanol–water partition coefficient (Wildman–Crippen LogP) is 3.47. The van der Waals surface area contributed by atoms with Crippen molar-refractivity contribution in [3.8, 4) is 0 Å². The van der Waals surface area contributed by atoms with Crippen LogP contribution in [-0.4, -0.2) is 41.1 Å². The molecule has 1 aliphatic rings. The van der Waals surface area contributed by atoms with Gasteiger partial charge in [0.25, 0.3) is 0 Å². The number of ether oxygens (including phenoxy) is 2. The van der Waals surface area contributed by atoms with Crippen LogP contribution in [0.1, 0.15) is 19.8 Å². The lowest BCUT2D eigenvalue weighted by molar-refractivity contribution is -0.0424. The Morgan fingerprint density at radius 3 is 2.38 bits per heavy atom. The SMILES string of the molecule is CCOC(COC(CCl)C(I)CCl)C1CC1. The Bertz CT molecular complexity index is 189. The molecule has 0 N–H and O–H groups in total. The predicted molar refractivity (Wildman–Crippen MR) is 77.1 cm³/mol. The average Bonchev–Trinajstić information content (AvgIpc) is 3.11. The molecule has 2 nitrogen and oxygen atoms in total. The third-order valence-electron chi connectivity index (χ3n) is 2.71. The monoisotopic (exact) mass is 380 g/mol. The molecule has 1 fully saturated rings. The van der Waals surface area contributed by atoms with E-state index in [1.54, 1.807) is 0 Å². The molecule has 96 valence electrons. The van der Waals surface area contributed by atoms with E-state index in [0.717, 1.165) is 6.61 Å². The quantitative estimate of drug-likeness (QED) is 0.450. The summed E-state index contributed by atoms with van der Waals surface area (Å²) in [4.78, 5) is 0. The Labute approximate surface area is 121 Å². The van der Waals surface area contributed by atoms with Crippen molar-refractivity contribution in [2.24, 2.45) is 5.92 Å². The summed E-state index contributed by atoms with van der Waals surface area (Å²) in [6, 6.07) is 0. The van der Waals surface area contributed by atoms with E-state index in [4.69, 9.17) is 32.7 Å². The average molecular weight is 381 g/mol. The molecule has 0 aromatic rings. The summed E-state index contributed by atoms with van der Waals surface area (Å²) in [5.74, 6) is 1.75. The van der Waals surface area contributed by atoms with Gasteiger partial charge in [-0.05, 0) is 25.7 Å². The fourth-order valence-corrected chi connectivity index (χ4v) is 2.83. The molecule has 0 amide bonds. The molecule has 5 heteroatoms. The van der Waals surface area contributed by atoms with Gasteiger partial charge in [-0.25, -0.2) is 0 Å². The number of alkyl halides is 3. The molecule has 0 heterocycles. The largest absolute Gasteiger partial charge is 0.376 e. The van der Waals surface area contributed by atoms with E-state index in [9.17, 15) is 0 Å². The smallest absolute Gasteiger partial charge is 0.0840 e. The maximum atomic E-state index is 5.87. The van der Waals surface area contributed by atoms with Gasteiger partial charge in [-0.1, -0.05) is 22.6 Å². The fraction of sp³-hybridized carbons (Fsp3) is 1.00. The molecule has 0 spiro atoms. The van der Waals surface area contributed by atoms with Gasteiger partial charge in [0.05, 0.1) is 22.7 Å². The molecular weight excluding hydrogens is 362 g/mol. The van der Waals surface area contributed by atoms with Crippen LogP contribution in [0.4, 0.5) is 0 Å². The normalized spacial score (nSPS) is 21.8. The Kier molecular flexibility index (Phi) is 7.98.